The van der Waals surface area contributed by atoms with Gasteiger partial charge in [-0.2, -0.15) is 4.98 Å². The normalized spacial score (nSPS) is 20.4. The third kappa shape index (κ3) is 1.50. The highest BCUT2D eigenvalue weighted by molar-refractivity contribution is 5.33. The molecule has 1 aliphatic rings. The first-order valence-corrected chi connectivity index (χ1v) is 4.96. The van der Waals surface area contributed by atoms with E-state index in [9.17, 15) is 0 Å². The minimum absolute atomic E-state index is 0.0578. The third-order valence-electron chi connectivity index (χ3n) is 2.83. The first kappa shape index (κ1) is 9.52. The fourth-order valence-corrected chi connectivity index (χ4v) is 1.95. The standard InChI is InChI=1S/C10H16N2O2/c1-10(2)4-3-5-12(10)9-11-8(6-13)7-14-9/h7,13H,3-6H2,1-2H3. The summed E-state index contributed by atoms with van der Waals surface area (Å²) in [6, 6.07) is 0.636. The molecule has 0 aromatic carbocycles. The number of rotatable bonds is 2. The third-order valence-corrected chi connectivity index (χ3v) is 2.83. The van der Waals surface area contributed by atoms with Gasteiger partial charge in [-0.05, 0) is 26.7 Å². The fraction of sp³-hybridized carbons (Fsp3) is 0.700. The van der Waals surface area contributed by atoms with E-state index in [-0.39, 0.29) is 12.1 Å². The molecule has 0 aliphatic carbocycles. The molecular weight excluding hydrogens is 180 g/mol. The van der Waals surface area contributed by atoms with Gasteiger partial charge in [0.1, 0.15) is 12.0 Å². The first-order valence-electron chi connectivity index (χ1n) is 4.96. The van der Waals surface area contributed by atoms with E-state index in [0.717, 1.165) is 13.0 Å². The molecule has 0 spiro atoms. The Morgan fingerprint density at radius 2 is 2.43 bits per heavy atom. The maximum Gasteiger partial charge on any atom is 0.297 e. The van der Waals surface area contributed by atoms with Gasteiger partial charge in [0, 0.05) is 12.1 Å². The monoisotopic (exact) mass is 196 g/mol. The highest BCUT2D eigenvalue weighted by Crippen LogP contribution is 2.32. The molecule has 0 amide bonds. The van der Waals surface area contributed by atoms with E-state index in [0.29, 0.717) is 11.7 Å². The second kappa shape index (κ2) is 3.28. The number of oxazole rings is 1. The van der Waals surface area contributed by atoms with Crippen molar-refractivity contribution in [3.63, 3.8) is 0 Å². The molecule has 1 N–H and O–H groups in total. The Labute approximate surface area is 83.5 Å². The van der Waals surface area contributed by atoms with Crippen LogP contribution in [0.3, 0.4) is 0 Å². The van der Waals surface area contributed by atoms with Gasteiger partial charge in [0.15, 0.2) is 0 Å². The van der Waals surface area contributed by atoms with Crippen LogP contribution in [0.2, 0.25) is 0 Å². The average molecular weight is 196 g/mol. The molecule has 2 heterocycles. The average Bonchev–Trinajstić information content (AvgIpc) is 2.70. The number of anilines is 1. The second-order valence-electron chi connectivity index (χ2n) is 4.35. The zero-order chi connectivity index (χ0) is 10.2. The highest BCUT2D eigenvalue weighted by Gasteiger charge is 2.34. The smallest absolute Gasteiger partial charge is 0.297 e. The molecule has 1 fully saturated rings. The minimum Gasteiger partial charge on any atom is -0.432 e. The zero-order valence-corrected chi connectivity index (χ0v) is 8.66. The molecular formula is C10H16N2O2. The molecule has 0 unspecified atom stereocenters. The van der Waals surface area contributed by atoms with Crippen molar-refractivity contribution in [3.8, 4) is 0 Å². The molecule has 4 nitrogen and oxygen atoms in total. The number of nitrogens with zero attached hydrogens (tertiary/aromatic N) is 2. The van der Waals surface area contributed by atoms with E-state index < -0.39 is 0 Å². The summed E-state index contributed by atoms with van der Waals surface area (Å²) in [4.78, 5) is 6.37. The van der Waals surface area contributed by atoms with Crippen molar-refractivity contribution in [2.75, 3.05) is 11.4 Å². The lowest BCUT2D eigenvalue weighted by molar-refractivity contribution is 0.276. The van der Waals surface area contributed by atoms with Crippen LogP contribution in [0.25, 0.3) is 0 Å². The molecule has 1 aliphatic heterocycles. The van der Waals surface area contributed by atoms with E-state index in [1.165, 1.54) is 12.7 Å². The number of hydrogen-bond donors (Lipinski definition) is 1. The maximum absolute atomic E-state index is 8.88. The second-order valence-corrected chi connectivity index (χ2v) is 4.35. The molecule has 4 heteroatoms. The molecule has 14 heavy (non-hydrogen) atoms. The molecule has 78 valence electrons. The van der Waals surface area contributed by atoms with E-state index in [2.05, 4.69) is 23.7 Å². The summed E-state index contributed by atoms with van der Waals surface area (Å²) in [5, 5.41) is 8.88. The Morgan fingerprint density at radius 1 is 1.64 bits per heavy atom. The minimum atomic E-state index is -0.0578. The largest absolute Gasteiger partial charge is 0.432 e. The lowest BCUT2D eigenvalue weighted by Gasteiger charge is -2.29. The van der Waals surface area contributed by atoms with Crippen LogP contribution >= 0.6 is 0 Å². The van der Waals surface area contributed by atoms with Crippen molar-refractivity contribution in [1.82, 2.24) is 4.98 Å². The van der Waals surface area contributed by atoms with Crippen molar-refractivity contribution in [2.45, 2.75) is 38.8 Å². The van der Waals surface area contributed by atoms with E-state index in [1.807, 2.05) is 0 Å². The number of aromatic nitrogens is 1. The van der Waals surface area contributed by atoms with Gasteiger partial charge in [-0.25, -0.2) is 0 Å². The number of aliphatic hydroxyl groups excluding tert-OH is 1. The van der Waals surface area contributed by atoms with E-state index >= 15 is 0 Å². The maximum atomic E-state index is 8.88. The molecule has 0 atom stereocenters. The van der Waals surface area contributed by atoms with Gasteiger partial charge in [-0.1, -0.05) is 0 Å². The fourth-order valence-electron chi connectivity index (χ4n) is 1.95. The predicted octanol–water partition coefficient (Wildman–Crippen LogP) is 1.55. The molecule has 1 saturated heterocycles. The highest BCUT2D eigenvalue weighted by atomic mass is 16.4. The van der Waals surface area contributed by atoms with Gasteiger partial charge < -0.3 is 14.4 Å². The molecule has 2 rings (SSSR count). The number of aliphatic hydroxyl groups is 1. The summed E-state index contributed by atoms with van der Waals surface area (Å²) in [6.45, 7) is 5.29. The van der Waals surface area contributed by atoms with Crippen LogP contribution in [-0.2, 0) is 6.61 Å². The number of hydrogen-bond acceptors (Lipinski definition) is 4. The van der Waals surface area contributed by atoms with Gasteiger partial charge in [-0.3, -0.25) is 0 Å². The molecule has 0 saturated carbocycles. The SMILES string of the molecule is CC1(C)CCCN1c1nc(CO)co1. The van der Waals surface area contributed by atoms with Gasteiger partial charge in [0.25, 0.3) is 6.01 Å². The van der Waals surface area contributed by atoms with Crippen molar-refractivity contribution in [3.05, 3.63) is 12.0 Å². The summed E-state index contributed by atoms with van der Waals surface area (Å²) < 4.78 is 5.33. The van der Waals surface area contributed by atoms with Gasteiger partial charge in [0.05, 0.1) is 6.61 Å². The Bertz CT molecular complexity index is 320. The summed E-state index contributed by atoms with van der Waals surface area (Å²) in [5.74, 6) is 0. The molecule has 0 radical (unpaired) electrons. The van der Waals surface area contributed by atoms with Crippen molar-refractivity contribution in [2.24, 2.45) is 0 Å². The van der Waals surface area contributed by atoms with Crippen molar-refractivity contribution in [1.29, 1.82) is 0 Å². The zero-order valence-electron chi connectivity index (χ0n) is 8.66. The summed E-state index contributed by atoms with van der Waals surface area (Å²) in [6.07, 6.45) is 3.84. The molecule has 0 bridgehead atoms. The quantitative estimate of drug-likeness (QED) is 0.779. The van der Waals surface area contributed by atoms with Crippen LogP contribution in [0.5, 0.6) is 0 Å². The van der Waals surface area contributed by atoms with Gasteiger partial charge >= 0.3 is 0 Å². The Morgan fingerprint density at radius 3 is 2.93 bits per heavy atom. The van der Waals surface area contributed by atoms with Crippen LogP contribution < -0.4 is 4.90 Å². The van der Waals surface area contributed by atoms with Gasteiger partial charge in [-0.15, -0.1) is 0 Å². The summed E-state index contributed by atoms with van der Waals surface area (Å²) in [5.41, 5.74) is 0.722. The lowest BCUT2D eigenvalue weighted by atomic mass is 10.0. The van der Waals surface area contributed by atoms with Crippen LogP contribution in [0.1, 0.15) is 32.4 Å². The lowest BCUT2D eigenvalue weighted by Crippen LogP contribution is -2.38. The van der Waals surface area contributed by atoms with Gasteiger partial charge in [0.2, 0.25) is 0 Å². The molecule has 1 aromatic rings. The summed E-state index contributed by atoms with van der Waals surface area (Å²) >= 11 is 0. The Kier molecular flexibility index (Phi) is 2.23. The van der Waals surface area contributed by atoms with Crippen LogP contribution in [-0.4, -0.2) is 22.2 Å². The first-order chi connectivity index (χ1) is 6.63. The van der Waals surface area contributed by atoms with E-state index in [1.54, 1.807) is 0 Å². The van der Waals surface area contributed by atoms with Crippen LogP contribution in [0.15, 0.2) is 10.7 Å². The summed E-state index contributed by atoms with van der Waals surface area (Å²) in [7, 11) is 0. The Balaban J connectivity index is 2.22. The van der Waals surface area contributed by atoms with Crippen LogP contribution in [0.4, 0.5) is 6.01 Å². The van der Waals surface area contributed by atoms with Crippen molar-refractivity contribution < 1.29 is 9.52 Å². The molecule has 1 aromatic heterocycles. The predicted molar refractivity (Wildman–Crippen MR) is 53.1 cm³/mol. The topological polar surface area (TPSA) is 49.5 Å². The van der Waals surface area contributed by atoms with Crippen LogP contribution in [0, 0.1) is 0 Å². The van der Waals surface area contributed by atoms with Crippen molar-refractivity contribution >= 4 is 6.01 Å². The Hall–Kier alpha value is -1.03. The van der Waals surface area contributed by atoms with E-state index in [4.69, 9.17) is 9.52 Å².